The van der Waals surface area contributed by atoms with Crippen LogP contribution in [0.5, 0.6) is 0 Å². The molecule has 0 fully saturated rings. The number of para-hydroxylation sites is 1. The zero-order valence-electron chi connectivity index (χ0n) is 14.3. The molecule has 3 aromatic rings. The quantitative estimate of drug-likeness (QED) is 0.685. The minimum absolute atomic E-state index is 0.290. The Hall–Kier alpha value is -3.11. The predicted molar refractivity (Wildman–Crippen MR) is 98.9 cm³/mol. The lowest BCUT2D eigenvalue weighted by Crippen LogP contribution is -2.15. The molecular formula is C19H16N4O2S. The maximum Gasteiger partial charge on any atom is 0.257 e. The molecule has 1 aromatic carbocycles. The SMILES string of the molecule is Cc1cc(CSc2nc(C)c(C(=O)Nc3ccccc3)cc2C#N)no1. The van der Waals surface area contributed by atoms with Gasteiger partial charge in [0.1, 0.15) is 16.9 Å². The second-order valence-corrected chi connectivity index (χ2v) is 6.59. The molecule has 0 spiro atoms. The number of carbonyl (C=O) groups excluding carboxylic acids is 1. The Morgan fingerprint density at radius 1 is 1.27 bits per heavy atom. The van der Waals surface area contributed by atoms with Gasteiger partial charge in [0.2, 0.25) is 0 Å². The lowest BCUT2D eigenvalue weighted by molar-refractivity contribution is 0.102. The molecule has 2 aromatic heterocycles. The van der Waals surface area contributed by atoms with Crippen LogP contribution in [0.25, 0.3) is 0 Å². The first kappa shape index (κ1) is 17.7. The van der Waals surface area contributed by atoms with Gasteiger partial charge in [0.25, 0.3) is 5.91 Å². The number of aromatic nitrogens is 2. The Balaban J connectivity index is 1.80. The van der Waals surface area contributed by atoms with Crippen LogP contribution in [-0.4, -0.2) is 16.0 Å². The third-order valence-electron chi connectivity index (χ3n) is 3.61. The van der Waals surface area contributed by atoms with Crippen molar-refractivity contribution < 1.29 is 9.32 Å². The number of pyridine rings is 1. The molecular weight excluding hydrogens is 348 g/mol. The third-order valence-corrected chi connectivity index (χ3v) is 4.63. The summed E-state index contributed by atoms with van der Waals surface area (Å²) in [5.41, 5.74) is 2.78. The number of aryl methyl sites for hydroxylation is 2. The highest BCUT2D eigenvalue weighted by Gasteiger charge is 2.16. The van der Waals surface area contributed by atoms with E-state index in [1.807, 2.05) is 31.2 Å². The molecule has 6 nitrogen and oxygen atoms in total. The van der Waals surface area contributed by atoms with E-state index in [1.165, 1.54) is 11.8 Å². The molecule has 26 heavy (non-hydrogen) atoms. The van der Waals surface area contributed by atoms with Crippen LogP contribution >= 0.6 is 11.8 Å². The van der Waals surface area contributed by atoms with Crippen molar-refractivity contribution >= 4 is 23.4 Å². The minimum Gasteiger partial charge on any atom is -0.361 e. The maximum atomic E-state index is 12.5. The Morgan fingerprint density at radius 2 is 2.04 bits per heavy atom. The summed E-state index contributed by atoms with van der Waals surface area (Å²) in [7, 11) is 0. The van der Waals surface area contributed by atoms with Crippen LogP contribution in [0.2, 0.25) is 0 Å². The van der Waals surface area contributed by atoms with Gasteiger partial charge in [0.05, 0.1) is 22.5 Å². The number of anilines is 1. The summed E-state index contributed by atoms with van der Waals surface area (Å²) >= 11 is 1.39. The van der Waals surface area contributed by atoms with E-state index in [-0.39, 0.29) is 5.91 Å². The van der Waals surface area contributed by atoms with Gasteiger partial charge in [-0.25, -0.2) is 4.98 Å². The minimum atomic E-state index is -0.290. The monoisotopic (exact) mass is 364 g/mol. The van der Waals surface area contributed by atoms with Crippen LogP contribution in [0.15, 0.2) is 52.0 Å². The van der Waals surface area contributed by atoms with Gasteiger partial charge in [0, 0.05) is 17.5 Å². The van der Waals surface area contributed by atoms with E-state index in [2.05, 4.69) is 21.5 Å². The van der Waals surface area contributed by atoms with Crippen LogP contribution in [0, 0.1) is 25.2 Å². The number of benzene rings is 1. The molecule has 0 radical (unpaired) electrons. The molecule has 7 heteroatoms. The topological polar surface area (TPSA) is 91.8 Å². The second kappa shape index (κ2) is 7.85. The molecule has 0 aliphatic heterocycles. The van der Waals surface area contributed by atoms with Gasteiger partial charge < -0.3 is 9.84 Å². The van der Waals surface area contributed by atoms with Crippen molar-refractivity contribution in [3.63, 3.8) is 0 Å². The lowest BCUT2D eigenvalue weighted by Gasteiger charge is -2.10. The normalized spacial score (nSPS) is 10.3. The molecule has 0 bridgehead atoms. The Bertz CT molecular complexity index is 977. The Morgan fingerprint density at radius 3 is 2.69 bits per heavy atom. The summed E-state index contributed by atoms with van der Waals surface area (Å²) in [6, 6.07) is 14.7. The molecule has 130 valence electrons. The lowest BCUT2D eigenvalue weighted by atomic mass is 10.1. The number of nitrogens with one attached hydrogen (secondary N) is 1. The van der Waals surface area contributed by atoms with Gasteiger partial charge in [-0.05, 0) is 32.0 Å². The fourth-order valence-corrected chi connectivity index (χ4v) is 3.23. The zero-order valence-corrected chi connectivity index (χ0v) is 15.1. The van der Waals surface area contributed by atoms with Crippen LogP contribution in [0.3, 0.4) is 0 Å². The van der Waals surface area contributed by atoms with Gasteiger partial charge >= 0.3 is 0 Å². The molecule has 2 heterocycles. The predicted octanol–water partition coefficient (Wildman–Crippen LogP) is 4.10. The smallest absolute Gasteiger partial charge is 0.257 e. The highest BCUT2D eigenvalue weighted by atomic mass is 32.2. The number of hydrogen-bond acceptors (Lipinski definition) is 6. The average molecular weight is 364 g/mol. The molecule has 0 saturated heterocycles. The second-order valence-electron chi connectivity index (χ2n) is 5.62. The van der Waals surface area contributed by atoms with Crippen LogP contribution in [0.1, 0.15) is 33.1 Å². The van der Waals surface area contributed by atoms with E-state index in [0.29, 0.717) is 33.3 Å². The first-order valence-electron chi connectivity index (χ1n) is 7.90. The van der Waals surface area contributed by atoms with E-state index in [9.17, 15) is 10.1 Å². The van der Waals surface area contributed by atoms with Crippen molar-refractivity contribution in [1.29, 1.82) is 5.26 Å². The molecule has 0 atom stereocenters. The van der Waals surface area contributed by atoms with E-state index < -0.39 is 0 Å². The van der Waals surface area contributed by atoms with E-state index in [1.54, 1.807) is 25.1 Å². The van der Waals surface area contributed by atoms with Crippen molar-refractivity contribution in [3.8, 4) is 6.07 Å². The zero-order chi connectivity index (χ0) is 18.5. The number of hydrogen-bond donors (Lipinski definition) is 1. The largest absolute Gasteiger partial charge is 0.361 e. The van der Waals surface area contributed by atoms with Crippen LogP contribution in [-0.2, 0) is 5.75 Å². The summed E-state index contributed by atoms with van der Waals surface area (Å²) in [5.74, 6) is 0.980. The van der Waals surface area contributed by atoms with E-state index >= 15 is 0 Å². The van der Waals surface area contributed by atoms with Gasteiger partial charge in [-0.2, -0.15) is 5.26 Å². The number of thioether (sulfide) groups is 1. The fraction of sp³-hybridized carbons (Fsp3) is 0.158. The summed E-state index contributed by atoms with van der Waals surface area (Å²) in [6.45, 7) is 3.58. The summed E-state index contributed by atoms with van der Waals surface area (Å²) in [5, 5.41) is 16.8. The number of rotatable bonds is 5. The van der Waals surface area contributed by atoms with Crippen molar-refractivity contribution in [3.05, 3.63) is 70.7 Å². The summed E-state index contributed by atoms with van der Waals surface area (Å²) < 4.78 is 5.04. The highest BCUT2D eigenvalue weighted by molar-refractivity contribution is 7.98. The standard InChI is InChI=1S/C19H16N4O2S/c1-12-8-16(23-25-12)11-26-19-14(10-20)9-17(13(2)21-19)18(24)22-15-6-4-3-5-7-15/h3-9H,11H2,1-2H3,(H,22,24). The molecule has 1 N–H and O–H groups in total. The molecule has 0 aliphatic carbocycles. The van der Waals surface area contributed by atoms with Crippen LogP contribution < -0.4 is 5.32 Å². The first-order valence-corrected chi connectivity index (χ1v) is 8.88. The van der Waals surface area contributed by atoms with Crippen molar-refractivity contribution in [2.45, 2.75) is 24.6 Å². The molecule has 0 aliphatic rings. The van der Waals surface area contributed by atoms with Gasteiger partial charge in [-0.3, -0.25) is 4.79 Å². The van der Waals surface area contributed by atoms with Crippen molar-refractivity contribution in [2.75, 3.05) is 5.32 Å². The van der Waals surface area contributed by atoms with Gasteiger partial charge in [-0.1, -0.05) is 35.1 Å². The number of amides is 1. The van der Waals surface area contributed by atoms with Crippen molar-refractivity contribution in [2.24, 2.45) is 0 Å². The Kier molecular flexibility index (Phi) is 5.34. The summed E-state index contributed by atoms with van der Waals surface area (Å²) in [6.07, 6.45) is 0. The van der Waals surface area contributed by atoms with Crippen molar-refractivity contribution in [1.82, 2.24) is 10.1 Å². The number of nitriles is 1. The molecule has 0 saturated carbocycles. The highest BCUT2D eigenvalue weighted by Crippen LogP contribution is 2.26. The summed E-state index contributed by atoms with van der Waals surface area (Å²) in [4.78, 5) is 17.0. The number of carbonyl (C=O) groups is 1. The maximum absolute atomic E-state index is 12.5. The molecule has 1 amide bonds. The fourth-order valence-electron chi connectivity index (χ4n) is 2.35. The van der Waals surface area contributed by atoms with E-state index in [0.717, 1.165) is 11.5 Å². The van der Waals surface area contributed by atoms with Gasteiger partial charge in [0.15, 0.2) is 0 Å². The number of nitrogens with zero attached hydrogens (tertiary/aromatic N) is 3. The van der Waals surface area contributed by atoms with Crippen LogP contribution in [0.4, 0.5) is 5.69 Å². The molecule has 0 unspecified atom stereocenters. The van der Waals surface area contributed by atoms with E-state index in [4.69, 9.17) is 4.52 Å². The third kappa shape index (κ3) is 4.10. The molecule has 3 rings (SSSR count). The first-order chi connectivity index (χ1) is 12.6. The van der Waals surface area contributed by atoms with Gasteiger partial charge in [-0.15, -0.1) is 0 Å². The average Bonchev–Trinajstić information content (AvgIpc) is 3.06. The Labute approximate surface area is 155 Å².